The normalized spacial score (nSPS) is 29.2. The van der Waals surface area contributed by atoms with Gasteiger partial charge in [0.05, 0.1) is 19.2 Å². The Morgan fingerprint density at radius 2 is 2.31 bits per heavy atom. The summed E-state index contributed by atoms with van der Waals surface area (Å²) in [5, 5.41) is 2.50. The summed E-state index contributed by atoms with van der Waals surface area (Å²) in [6, 6.07) is -0.329. The Hall–Kier alpha value is -1.10. The van der Waals surface area contributed by atoms with Crippen LogP contribution < -0.4 is 5.32 Å². The quantitative estimate of drug-likeness (QED) is 0.570. The number of carbonyl (C=O) groups is 2. The van der Waals surface area contributed by atoms with E-state index in [9.17, 15) is 9.59 Å². The Morgan fingerprint density at radius 3 is 2.85 bits per heavy atom. The zero-order chi connectivity index (χ0) is 9.26. The zero-order valence-corrected chi connectivity index (χ0v) is 7.28. The SMILES string of the molecule is O=C1CNC(=O)N1[C@H]1CCCOC1. The van der Waals surface area contributed by atoms with E-state index in [2.05, 4.69) is 5.32 Å². The maximum atomic E-state index is 11.3. The van der Waals surface area contributed by atoms with E-state index in [-0.39, 0.29) is 24.5 Å². The van der Waals surface area contributed by atoms with Crippen LogP contribution in [0.25, 0.3) is 0 Å². The van der Waals surface area contributed by atoms with Gasteiger partial charge < -0.3 is 10.1 Å². The minimum Gasteiger partial charge on any atom is -0.379 e. The average Bonchev–Trinajstić information content (AvgIpc) is 2.48. The van der Waals surface area contributed by atoms with Gasteiger partial charge in [0.25, 0.3) is 0 Å². The van der Waals surface area contributed by atoms with E-state index in [0.29, 0.717) is 6.61 Å². The van der Waals surface area contributed by atoms with Gasteiger partial charge in [-0.25, -0.2) is 4.79 Å². The molecule has 0 aliphatic carbocycles. The van der Waals surface area contributed by atoms with Crippen LogP contribution in [0.4, 0.5) is 4.79 Å². The lowest BCUT2D eigenvalue weighted by Crippen LogP contribution is -2.45. The fourth-order valence-electron chi connectivity index (χ4n) is 1.73. The van der Waals surface area contributed by atoms with Crippen molar-refractivity contribution in [1.29, 1.82) is 0 Å². The number of hydrogen-bond acceptors (Lipinski definition) is 3. The van der Waals surface area contributed by atoms with Crippen LogP contribution in [0.1, 0.15) is 12.8 Å². The molecular weight excluding hydrogens is 172 g/mol. The minimum atomic E-state index is -0.277. The van der Waals surface area contributed by atoms with Crippen molar-refractivity contribution in [2.75, 3.05) is 19.8 Å². The largest absolute Gasteiger partial charge is 0.379 e. The second kappa shape index (κ2) is 3.33. The van der Waals surface area contributed by atoms with E-state index in [0.717, 1.165) is 19.4 Å². The lowest BCUT2D eigenvalue weighted by atomic mass is 10.1. The fraction of sp³-hybridized carbons (Fsp3) is 0.750. The molecule has 2 heterocycles. The molecule has 0 aromatic rings. The second-order valence-corrected chi connectivity index (χ2v) is 3.29. The van der Waals surface area contributed by atoms with Crippen LogP contribution in [0.2, 0.25) is 0 Å². The number of rotatable bonds is 1. The van der Waals surface area contributed by atoms with Gasteiger partial charge in [-0.1, -0.05) is 0 Å². The van der Waals surface area contributed by atoms with Crippen LogP contribution in [0.15, 0.2) is 0 Å². The van der Waals surface area contributed by atoms with Crippen molar-refractivity contribution >= 4 is 11.9 Å². The number of amides is 3. The molecule has 3 amide bonds. The maximum Gasteiger partial charge on any atom is 0.324 e. The number of urea groups is 1. The molecule has 2 fully saturated rings. The molecule has 2 rings (SSSR count). The second-order valence-electron chi connectivity index (χ2n) is 3.29. The highest BCUT2D eigenvalue weighted by molar-refractivity contribution is 6.02. The lowest BCUT2D eigenvalue weighted by Gasteiger charge is -2.28. The molecule has 72 valence electrons. The van der Waals surface area contributed by atoms with Gasteiger partial charge in [0.1, 0.15) is 0 Å². The fourth-order valence-corrected chi connectivity index (χ4v) is 1.73. The van der Waals surface area contributed by atoms with Gasteiger partial charge in [-0.3, -0.25) is 9.69 Å². The van der Waals surface area contributed by atoms with Crippen molar-refractivity contribution < 1.29 is 14.3 Å². The Morgan fingerprint density at radius 1 is 1.46 bits per heavy atom. The highest BCUT2D eigenvalue weighted by atomic mass is 16.5. The van der Waals surface area contributed by atoms with Gasteiger partial charge in [-0.05, 0) is 12.8 Å². The molecule has 13 heavy (non-hydrogen) atoms. The van der Waals surface area contributed by atoms with Crippen molar-refractivity contribution in [3.8, 4) is 0 Å². The molecular formula is C8H12N2O3. The first-order valence-electron chi connectivity index (χ1n) is 4.46. The Kier molecular flexibility index (Phi) is 2.18. The van der Waals surface area contributed by atoms with Crippen LogP contribution in [0, 0.1) is 0 Å². The molecule has 2 aliphatic heterocycles. The molecule has 5 heteroatoms. The third-order valence-electron chi connectivity index (χ3n) is 2.38. The summed E-state index contributed by atoms with van der Waals surface area (Å²) < 4.78 is 5.22. The number of hydrogen-bond donors (Lipinski definition) is 1. The number of ether oxygens (including phenoxy) is 1. The monoisotopic (exact) mass is 184 g/mol. The van der Waals surface area contributed by atoms with Crippen LogP contribution in [-0.4, -0.2) is 42.6 Å². The van der Waals surface area contributed by atoms with Crippen molar-refractivity contribution in [1.82, 2.24) is 10.2 Å². The van der Waals surface area contributed by atoms with Crippen molar-refractivity contribution in [2.24, 2.45) is 0 Å². The topological polar surface area (TPSA) is 58.6 Å². The number of imide groups is 1. The molecule has 0 saturated carbocycles. The smallest absolute Gasteiger partial charge is 0.324 e. The highest BCUT2D eigenvalue weighted by Gasteiger charge is 2.35. The Balaban J connectivity index is 2.05. The van der Waals surface area contributed by atoms with E-state index < -0.39 is 0 Å². The minimum absolute atomic E-state index is 0.0521. The zero-order valence-electron chi connectivity index (χ0n) is 7.28. The molecule has 1 atom stereocenters. The highest BCUT2D eigenvalue weighted by Crippen LogP contribution is 2.15. The molecule has 0 bridgehead atoms. The summed E-state index contributed by atoms with van der Waals surface area (Å²) in [6.07, 6.45) is 1.78. The maximum absolute atomic E-state index is 11.3. The standard InChI is InChI=1S/C8H12N2O3/c11-7-4-9-8(12)10(7)6-2-1-3-13-5-6/h6H,1-5H2,(H,9,12)/t6-/m0/s1. The van der Waals surface area contributed by atoms with E-state index in [4.69, 9.17) is 4.74 Å². The molecule has 2 saturated heterocycles. The molecule has 0 aromatic carbocycles. The van der Waals surface area contributed by atoms with Gasteiger partial charge in [-0.2, -0.15) is 0 Å². The van der Waals surface area contributed by atoms with E-state index in [1.54, 1.807) is 0 Å². The van der Waals surface area contributed by atoms with Crippen molar-refractivity contribution in [3.05, 3.63) is 0 Å². The Bertz CT molecular complexity index is 220. The molecule has 0 spiro atoms. The molecule has 5 nitrogen and oxygen atoms in total. The predicted octanol–water partition coefficient (Wildman–Crippen LogP) is -0.283. The molecule has 0 aromatic heterocycles. The van der Waals surface area contributed by atoms with Crippen LogP contribution in [0.3, 0.4) is 0 Å². The third kappa shape index (κ3) is 1.51. The number of nitrogens with zero attached hydrogens (tertiary/aromatic N) is 1. The van der Waals surface area contributed by atoms with Gasteiger partial charge in [0.2, 0.25) is 5.91 Å². The van der Waals surface area contributed by atoms with Gasteiger partial charge in [-0.15, -0.1) is 0 Å². The summed E-state index contributed by atoms with van der Waals surface area (Å²) in [5.74, 6) is -0.138. The summed E-state index contributed by atoms with van der Waals surface area (Å²) in [7, 11) is 0. The Labute approximate surface area is 76.0 Å². The first kappa shape index (κ1) is 8.50. The number of carbonyl (C=O) groups excluding carboxylic acids is 2. The van der Waals surface area contributed by atoms with Crippen LogP contribution in [-0.2, 0) is 9.53 Å². The summed E-state index contributed by atoms with van der Waals surface area (Å²) in [4.78, 5) is 23.8. The summed E-state index contributed by atoms with van der Waals surface area (Å²) >= 11 is 0. The molecule has 0 radical (unpaired) electrons. The van der Waals surface area contributed by atoms with Gasteiger partial charge >= 0.3 is 6.03 Å². The van der Waals surface area contributed by atoms with E-state index in [1.165, 1.54) is 4.90 Å². The summed E-state index contributed by atoms with van der Waals surface area (Å²) in [6.45, 7) is 1.36. The first-order chi connectivity index (χ1) is 6.29. The first-order valence-corrected chi connectivity index (χ1v) is 4.46. The van der Waals surface area contributed by atoms with Crippen LogP contribution >= 0.6 is 0 Å². The predicted molar refractivity (Wildman–Crippen MR) is 44.1 cm³/mol. The summed E-state index contributed by atoms with van der Waals surface area (Å²) in [5.41, 5.74) is 0. The van der Waals surface area contributed by atoms with Gasteiger partial charge in [0.15, 0.2) is 0 Å². The van der Waals surface area contributed by atoms with E-state index >= 15 is 0 Å². The van der Waals surface area contributed by atoms with Crippen molar-refractivity contribution in [3.63, 3.8) is 0 Å². The lowest BCUT2D eigenvalue weighted by molar-refractivity contribution is -0.128. The van der Waals surface area contributed by atoms with E-state index in [1.807, 2.05) is 0 Å². The molecule has 1 N–H and O–H groups in total. The van der Waals surface area contributed by atoms with Crippen LogP contribution in [0.5, 0.6) is 0 Å². The molecule has 0 unspecified atom stereocenters. The molecule has 2 aliphatic rings. The number of nitrogens with one attached hydrogen (secondary N) is 1. The van der Waals surface area contributed by atoms with Crippen molar-refractivity contribution in [2.45, 2.75) is 18.9 Å². The average molecular weight is 184 g/mol. The third-order valence-corrected chi connectivity index (χ3v) is 2.38. The van der Waals surface area contributed by atoms with Gasteiger partial charge in [0, 0.05) is 6.61 Å².